The fourth-order valence-electron chi connectivity index (χ4n) is 1.43. The number of benzene rings is 1. The molecule has 0 aliphatic rings. The maximum atomic E-state index is 3.18. The Morgan fingerprint density at radius 2 is 2.23 bits per heavy atom. The van der Waals surface area contributed by atoms with Gasteiger partial charge in [-0.15, -0.1) is 0 Å². The minimum absolute atomic E-state index is 1.09. The van der Waals surface area contributed by atoms with E-state index in [2.05, 4.69) is 48.3 Å². The number of allylic oxidation sites excluding steroid dienone is 1. The zero-order valence-corrected chi connectivity index (χ0v) is 7.75. The normalized spacial score (nSPS) is 11.5. The zero-order chi connectivity index (χ0) is 9.10. The predicted molar refractivity (Wildman–Crippen MR) is 57.6 cm³/mol. The third-order valence-electron chi connectivity index (χ3n) is 2.12. The molecule has 0 amide bonds. The molecule has 0 aliphatic carbocycles. The van der Waals surface area contributed by atoms with Gasteiger partial charge < -0.3 is 4.98 Å². The van der Waals surface area contributed by atoms with E-state index in [-0.39, 0.29) is 0 Å². The van der Waals surface area contributed by atoms with Crippen LogP contribution in [-0.4, -0.2) is 4.98 Å². The topological polar surface area (TPSA) is 15.8 Å². The van der Waals surface area contributed by atoms with E-state index in [1.54, 1.807) is 0 Å². The van der Waals surface area contributed by atoms with Gasteiger partial charge in [0.2, 0.25) is 0 Å². The van der Waals surface area contributed by atoms with Gasteiger partial charge in [0.15, 0.2) is 0 Å². The van der Waals surface area contributed by atoms with Crippen molar-refractivity contribution in [3.05, 3.63) is 42.1 Å². The van der Waals surface area contributed by atoms with Crippen LogP contribution in [0.25, 0.3) is 17.0 Å². The van der Waals surface area contributed by atoms with E-state index in [1.165, 1.54) is 16.5 Å². The molecular formula is C12H13N. The molecular weight excluding hydrogens is 158 g/mol. The van der Waals surface area contributed by atoms with Crippen LogP contribution < -0.4 is 0 Å². The molecule has 1 aromatic heterocycles. The molecule has 0 saturated heterocycles. The van der Waals surface area contributed by atoms with Crippen molar-refractivity contribution in [3.8, 4) is 0 Å². The second kappa shape index (κ2) is 3.48. The van der Waals surface area contributed by atoms with Crippen molar-refractivity contribution in [1.29, 1.82) is 0 Å². The van der Waals surface area contributed by atoms with Crippen molar-refractivity contribution in [2.45, 2.75) is 13.3 Å². The number of nitrogens with one attached hydrogen (secondary N) is 1. The van der Waals surface area contributed by atoms with Gasteiger partial charge in [-0.05, 0) is 35.6 Å². The van der Waals surface area contributed by atoms with Gasteiger partial charge in [0.25, 0.3) is 0 Å². The molecule has 1 nitrogen and oxygen atoms in total. The van der Waals surface area contributed by atoms with E-state index in [9.17, 15) is 0 Å². The second-order valence-corrected chi connectivity index (χ2v) is 3.13. The van der Waals surface area contributed by atoms with Crippen LogP contribution in [0, 0.1) is 0 Å². The Morgan fingerprint density at radius 3 is 3.08 bits per heavy atom. The largest absolute Gasteiger partial charge is 0.361 e. The summed E-state index contributed by atoms with van der Waals surface area (Å²) in [5, 5.41) is 1.28. The number of fused-ring (bicyclic) bond motifs is 1. The van der Waals surface area contributed by atoms with Crippen molar-refractivity contribution < 1.29 is 0 Å². The molecule has 0 radical (unpaired) electrons. The van der Waals surface area contributed by atoms with Gasteiger partial charge in [-0.1, -0.05) is 25.1 Å². The number of hydrogen-bond donors (Lipinski definition) is 1. The maximum Gasteiger partial charge on any atom is 0.0454 e. The Kier molecular flexibility index (Phi) is 2.17. The minimum atomic E-state index is 1.09. The molecule has 0 aliphatic heterocycles. The first-order chi connectivity index (χ1) is 6.40. The first-order valence-electron chi connectivity index (χ1n) is 4.64. The fourth-order valence-corrected chi connectivity index (χ4v) is 1.43. The summed E-state index contributed by atoms with van der Waals surface area (Å²) in [4.78, 5) is 3.18. The summed E-state index contributed by atoms with van der Waals surface area (Å²) < 4.78 is 0. The highest BCUT2D eigenvalue weighted by molar-refractivity contribution is 5.81. The second-order valence-electron chi connectivity index (χ2n) is 3.13. The summed E-state index contributed by atoms with van der Waals surface area (Å²) in [5.41, 5.74) is 2.47. The van der Waals surface area contributed by atoms with E-state index in [4.69, 9.17) is 0 Å². The summed E-state index contributed by atoms with van der Waals surface area (Å²) in [7, 11) is 0. The number of aromatic nitrogens is 1. The van der Waals surface area contributed by atoms with Crippen molar-refractivity contribution in [3.63, 3.8) is 0 Å². The molecule has 2 aromatic rings. The van der Waals surface area contributed by atoms with Crippen molar-refractivity contribution in [2.24, 2.45) is 0 Å². The standard InChI is InChI=1S/C12H13N/c1-2-3-4-10-5-6-12-11(9-10)7-8-13-12/h3-9,13H,2H2,1H3/b4-3+. The number of aromatic amines is 1. The van der Waals surface area contributed by atoms with Crippen LogP contribution in [0.2, 0.25) is 0 Å². The molecule has 0 atom stereocenters. The summed E-state index contributed by atoms with van der Waals surface area (Å²) in [6.45, 7) is 2.14. The van der Waals surface area contributed by atoms with Gasteiger partial charge in [0, 0.05) is 11.7 Å². The van der Waals surface area contributed by atoms with Gasteiger partial charge in [-0.25, -0.2) is 0 Å². The Balaban J connectivity index is 2.42. The average molecular weight is 171 g/mol. The van der Waals surface area contributed by atoms with Crippen LogP contribution in [-0.2, 0) is 0 Å². The summed E-state index contributed by atoms with van der Waals surface area (Å²) in [6, 6.07) is 8.53. The molecule has 13 heavy (non-hydrogen) atoms. The van der Waals surface area contributed by atoms with Gasteiger partial charge in [-0.2, -0.15) is 0 Å². The smallest absolute Gasteiger partial charge is 0.0454 e. The van der Waals surface area contributed by atoms with Crippen LogP contribution in [0.1, 0.15) is 18.9 Å². The molecule has 0 fully saturated rings. The molecule has 1 N–H and O–H groups in total. The maximum absolute atomic E-state index is 3.18. The van der Waals surface area contributed by atoms with Gasteiger partial charge >= 0.3 is 0 Å². The zero-order valence-electron chi connectivity index (χ0n) is 7.75. The van der Waals surface area contributed by atoms with E-state index in [0.29, 0.717) is 0 Å². The predicted octanol–water partition coefficient (Wildman–Crippen LogP) is 3.59. The van der Waals surface area contributed by atoms with Crippen molar-refractivity contribution in [1.82, 2.24) is 4.98 Å². The lowest BCUT2D eigenvalue weighted by molar-refractivity contribution is 1.23. The highest BCUT2D eigenvalue weighted by Crippen LogP contribution is 2.15. The van der Waals surface area contributed by atoms with E-state index < -0.39 is 0 Å². The number of H-pyrrole nitrogens is 1. The fraction of sp³-hybridized carbons (Fsp3) is 0.167. The van der Waals surface area contributed by atoms with Crippen molar-refractivity contribution >= 4 is 17.0 Å². The van der Waals surface area contributed by atoms with Gasteiger partial charge in [0.1, 0.15) is 0 Å². The van der Waals surface area contributed by atoms with Gasteiger partial charge in [-0.3, -0.25) is 0 Å². The molecule has 0 unspecified atom stereocenters. The number of hydrogen-bond acceptors (Lipinski definition) is 0. The summed E-state index contributed by atoms with van der Waals surface area (Å²) in [5.74, 6) is 0. The molecule has 0 bridgehead atoms. The Hall–Kier alpha value is -1.50. The molecule has 2 rings (SSSR count). The molecule has 1 heterocycles. The number of rotatable bonds is 2. The first kappa shape index (κ1) is 8.11. The van der Waals surface area contributed by atoms with Gasteiger partial charge in [0.05, 0.1) is 0 Å². The minimum Gasteiger partial charge on any atom is -0.361 e. The third kappa shape index (κ3) is 1.64. The van der Waals surface area contributed by atoms with Crippen LogP contribution in [0.4, 0.5) is 0 Å². The first-order valence-corrected chi connectivity index (χ1v) is 4.64. The lowest BCUT2D eigenvalue weighted by Crippen LogP contribution is -1.71. The Bertz CT molecular complexity index is 423. The SMILES string of the molecule is CC/C=C/c1ccc2[nH]ccc2c1. The average Bonchev–Trinajstić information content (AvgIpc) is 2.61. The molecule has 0 saturated carbocycles. The summed E-state index contributed by atoms with van der Waals surface area (Å²) >= 11 is 0. The lowest BCUT2D eigenvalue weighted by Gasteiger charge is -1.93. The van der Waals surface area contributed by atoms with Crippen LogP contribution in [0.3, 0.4) is 0 Å². The molecule has 1 heteroatoms. The third-order valence-corrected chi connectivity index (χ3v) is 2.12. The molecule has 0 spiro atoms. The Morgan fingerprint density at radius 1 is 1.31 bits per heavy atom. The summed E-state index contributed by atoms with van der Waals surface area (Å²) in [6.07, 6.45) is 7.39. The monoisotopic (exact) mass is 171 g/mol. The molecule has 66 valence electrons. The van der Waals surface area contributed by atoms with E-state index >= 15 is 0 Å². The van der Waals surface area contributed by atoms with Crippen molar-refractivity contribution in [2.75, 3.05) is 0 Å². The lowest BCUT2D eigenvalue weighted by atomic mass is 10.1. The van der Waals surface area contributed by atoms with Crippen LogP contribution in [0.5, 0.6) is 0 Å². The molecule has 1 aromatic carbocycles. The van der Waals surface area contributed by atoms with Crippen LogP contribution in [0.15, 0.2) is 36.5 Å². The van der Waals surface area contributed by atoms with E-state index in [0.717, 1.165) is 6.42 Å². The highest BCUT2D eigenvalue weighted by Gasteiger charge is 1.93. The Labute approximate surface area is 78.1 Å². The highest BCUT2D eigenvalue weighted by atomic mass is 14.7. The quantitative estimate of drug-likeness (QED) is 0.710. The van der Waals surface area contributed by atoms with E-state index in [1.807, 2.05) is 6.20 Å². The van der Waals surface area contributed by atoms with Crippen LogP contribution >= 0.6 is 0 Å².